The topological polar surface area (TPSA) is 51.5 Å². The minimum absolute atomic E-state index is 0.223. The van der Waals surface area contributed by atoms with Crippen LogP contribution < -0.4 is 4.90 Å². The quantitative estimate of drug-likeness (QED) is 0.265. The second-order valence-electron chi connectivity index (χ2n) is 7.99. The van der Waals surface area contributed by atoms with Crippen molar-refractivity contribution in [1.82, 2.24) is 4.57 Å². The van der Waals surface area contributed by atoms with Gasteiger partial charge < -0.3 is 9.30 Å². The summed E-state index contributed by atoms with van der Waals surface area (Å²) in [6.45, 7) is 7.73. The third-order valence-corrected chi connectivity index (χ3v) is 6.60. The molecule has 34 heavy (non-hydrogen) atoms. The number of allylic oxidation sites excluding steroid dienone is 1. The average molecular weight is 540 g/mol. The van der Waals surface area contributed by atoms with Crippen LogP contribution >= 0.6 is 27.5 Å². The van der Waals surface area contributed by atoms with E-state index in [1.54, 1.807) is 24.8 Å². The standard InChI is InChI=1S/C27H24BrClN2O3/c1-5-34-27(33)25-18(4)31(23-10-6-20(28)7-11-23)26(32)24(25)15-19-14-16(2)30(17(19)3)22-12-8-21(29)9-13-22/h6-15H,5H2,1-4H3/b24-15-. The molecule has 0 saturated heterocycles. The molecule has 2 heterocycles. The van der Waals surface area contributed by atoms with E-state index >= 15 is 0 Å². The Balaban J connectivity index is 1.84. The van der Waals surface area contributed by atoms with Crippen molar-refractivity contribution in [3.05, 3.63) is 97.9 Å². The zero-order valence-electron chi connectivity index (χ0n) is 19.4. The SMILES string of the molecule is CCOC(=O)C1=C(C)N(c2ccc(Br)cc2)C(=O)/C1=C\c1cc(C)n(-c2ccc(Cl)cc2)c1C. The number of nitrogens with zero attached hydrogens (tertiary/aromatic N) is 2. The maximum Gasteiger partial charge on any atom is 0.340 e. The number of rotatable bonds is 5. The van der Waals surface area contributed by atoms with Crippen LogP contribution in [0.15, 0.2) is 75.9 Å². The smallest absolute Gasteiger partial charge is 0.340 e. The van der Waals surface area contributed by atoms with E-state index in [9.17, 15) is 9.59 Å². The number of hydrogen-bond acceptors (Lipinski definition) is 3. The number of esters is 1. The molecule has 4 rings (SSSR count). The molecule has 0 N–H and O–H groups in total. The van der Waals surface area contributed by atoms with Crippen LogP contribution in [0.25, 0.3) is 11.8 Å². The number of hydrogen-bond donors (Lipinski definition) is 0. The second kappa shape index (κ2) is 9.65. The number of carbonyl (C=O) groups excluding carboxylic acids is 2. The predicted molar refractivity (Wildman–Crippen MR) is 139 cm³/mol. The van der Waals surface area contributed by atoms with Crippen LogP contribution in [0.2, 0.25) is 5.02 Å². The minimum atomic E-state index is -0.509. The zero-order valence-corrected chi connectivity index (χ0v) is 21.7. The third-order valence-electron chi connectivity index (χ3n) is 5.82. The molecule has 0 bridgehead atoms. The van der Waals surface area contributed by atoms with Gasteiger partial charge in [0.25, 0.3) is 5.91 Å². The number of carbonyl (C=O) groups is 2. The third kappa shape index (κ3) is 4.36. The van der Waals surface area contributed by atoms with E-state index in [1.165, 1.54) is 0 Å². The lowest BCUT2D eigenvalue weighted by Crippen LogP contribution is -2.24. The lowest BCUT2D eigenvalue weighted by molar-refractivity contribution is -0.138. The van der Waals surface area contributed by atoms with Gasteiger partial charge in [0.1, 0.15) is 0 Å². The van der Waals surface area contributed by atoms with E-state index in [2.05, 4.69) is 20.5 Å². The number of aryl methyl sites for hydroxylation is 1. The number of benzene rings is 2. The molecule has 1 amide bonds. The first kappa shape index (κ1) is 24.0. The van der Waals surface area contributed by atoms with Crippen molar-refractivity contribution in [3.8, 4) is 5.69 Å². The van der Waals surface area contributed by atoms with Crippen molar-refractivity contribution in [2.75, 3.05) is 11.5 Å². The summed E-state index contributed by atoms with van der Waals surface area (Å²) in [5.74, 6) is -0.773. The summed E-state index contributed by atoms with van der Waals surface area (Å²) in [5, 5.41) is 0.665. The van der Waals surface area contributed by atoms with Crippen molar-refractivity contribution in [2.45, 2.75) is 27.7 Å². The van der Waals surface area contributed by atoms with Gasteiger partial charge >= 0.3 is 5.97 Å². The van der Waals surface area contributed by atoms with Crippen LogP contribution in [0.5, 0.6) is 0 Å². The monoisotopic (exact) mass is 538 g/mol. The molecule has 0 radical (unpaired) electrons. The fourth-order valence-corrected chi connectivity index (χ4v) is 4.65. The van der Waals surface area contributed by atoms with Crippen LogP contribution in [0, 0.1) is 13.8 Å². The highest BCUT2D eigenvalue weighted by atomic mass is 79.9. The van der Waals surface area contributed by atoms with E-state index in [0.717, 1.165) is 27.1 Å². The summed E-state index contributed by atoms with van der Waals surface area (Å²) in [6.07, 6.45) is 1.78. The molecular weight excluding hydrogens is 516 g/mol. The summed E-state index contributed by atoms with van der Waals surface area (Å²) in [4.78, 5) is 28.1. The Bertz CT molecular complexity index is 1340. The Morgan fingerprint density at radius 1 is 1.03 bits per heavy atom. The van der Waals surface area contributed by atoms with Crippen LogP contribution in [0.1, 0.15) is 30.8 Å². The first-order chi connectivity index (χ1) is 16.2. The van der Waals surface area contributed by atoms with Gasteiger partial charge in [-0.05, 0) is 93.9 Å². The zero-order chi connectivity index (χ0) is 24.6. The van der Waals surface area contributed by atoms with Gasteiger partial charge in [-0.2, -0.15) is 0 Å². The number of ether oxygens (including phenoxy) is 1. The largest absolute Gasteiger partial charge is 0.462 e. The predicted octanol–water partition coefficient (Wildman–Crippen LogP) is 6.78. The van der Waals surface area contributed by atoms with Gasteiger partial charge in [-0.3, -0.25) is 9.69 Å². The number of halogens is 2. The molecular formula is C27H24BrClN2O3. The van der Waals surface area contributed by atoms with E-state index in [4.69, 9.17) is 16.3 Å². The van der Waals surface area contributed by atoms with Crippen LogP contribution in [0.3, 0.4) is 0 Å². The molecule has 7 heteroatoms. The highest BCUT2D eigenvalue weighted by molar-refractivity contribution is 9.10. The maximum absolute atomic E-state index is 13.6. The Hall–Kier alpha value is -3.09. The fraction of sp³-hybridized carbons (Fsp3) is 0.185. The number of aromatic nitrogens is 1. The van der Waals surface area contributed by atoms with Crippen LogP contribution in [0.4, 0.5) is 5.69 Å². The van der Waals surface area contributed by atoms with Gasteiger partial charge in [0, 0.05) is 38.0 Å². The van der Waals surface area contributed by atoms with Crippen molar-refractivity contribution >= 4 is 51.2 Å². The highest BCUT2D eigenvalue weighted by Crippen LogP contribution is 2.36. The van der Waals surface area contributed by atoms with E-state index in [0.29, 0.717) is 22.0 Å². The maximum atomic E-state index is 13.6. The van der Waals surface area contributed by atoms with Gasteiger partial charge in [-0.15, -0.1) is 0 Å². The lowest BCUT2D eigenvalue weighted by Gasteiger charge is -2.18. The number of anilines is 1. The molecule has 1 aliphatic heterocycles. The van der Waals surface area contributed by atoms with Crippen molar-refractivity contribution in [3.63, 3.8) is 0 Å². The Morgan fingerprint density at radius 3 is 2.26 bits per heavy atom. The summed E-state index contributed by atoms with van der Waals surface area (Å²) in [7, 11) is 0. The highest BCUT2D eigenvalue weighted by Gasteiger charge is 2.38. The Morgan fingerprint density at radius 2 is 1.65 bits per heavy atom. The van der Waals surface area contributed by atoms with Gasteiger partial charge in [0.05, 0.1) is 17.8 Å². The van der Waals surface area contributed by atoms with E-state index in [1.807, 2.05) is 68.4 Å². The van der Waals surface area contributed by atoms with Gasteiger partial charge in [-0.1, -0.05) is 27.5 Å². The molecule has 174 valence electrons. The fourth-order valence-electron chi connectivity index (χ4n) is 4.26. The molecule has 0 aliphatic carbocycles. The van der Waals surface area contributed by atoms with Crippen molar-refractivity contribution in [1.29, 1.82) is 0 Å². The molecule has 0 atom stereocenters. The van der Waals surface area contributed by atoms with Gasteiger partial charge in [0.15, 0.2) is 0 Å². The summed E-state index contributed by atoms with van der Waals surface area (Å²) < 4.78 is 8.31. The summed E-state index contributed by atoms with van der Waals surface area (Å²) in [5.41, 5.74) is 5.59. The van der Waals surface area contributed by atoms with Gasteiger partial charge in [-0.25, -0.2) is 4.79 Å². The normalized spacial score (nSPS) is 14.9. The summed E-state index contributed by atoms with van der Waals surface area (Å²) in [6, 6.07) is 17.0. The molecule has 5 nitrogen and oxygen atoms in total. The minimum Gasteiger partial charge on any atom is -0.462 e. The second-order valence-corrected chi connectivity index (χ2v) is 9.35. The van der Waals surface area contributed by atoms with E-state index in [-0.39, 0.29) is 18.1 Å². The molecule has 3 aromatic rings. The summed E-state index contributed by atoms with van der Waals surface area (Å²) >= 11 is 9.48. The Labute approximate surface area is 212 Å². The molecule has 0 unspecified atom stereocenters. The molecule has 2 aromatic carbocycles. The van der Waals surface area contributed by atoms with Gasteiger partial charge in [0.2, 0.25) is 0 Å². The average Bonchev–Trinajstić information content (AvgIpc) is 3.21. The molecule has 0 saturated carbocycles. The van der Waals surface area contributed by atoms with Crippen molar-refractivity contribution in [2.24, 2.45) is 0 Å². The Kier molecular flexibility index (Phi) is 6.82. The molecule has 0 fully saturated rings. The first-order valence-corrected chi connectivity index (χ1v) is 12.0. The van der Waals surface area contributed by atoms with E-state index < -0.39 is 5.97 Å². The molecule has 1 aliphatic rings. The lowest BCUT2D eigenvalue weighted by atomic mass is 10.0. The first-order valence-electron chi connectivity index (χ1n) is 10.9. The van der Waals surface area contributed by atoms with Crippen LogP contribution in [-0.2, 0) is 14.3 Å². The molecule has 1 aromatic heterocycles. The van der Waals surface area contributed by atoms with Crippen molar-refractivity contribution < 1.29 is 14.3 Å². The molecule has 0 spiro atoms. The number of amides is 1. The van der Waals surface area contributed by atoms with Crippen LogP contribution in [-0.4, -0.2) is 23.1 Å².